The summed E-state index contributed by atoms with van der Waals surface area (Å²) in [5, 5.41) is 19.7. The minimum Gasteiger partial charge on any atom is -0.340 e. The van der Waals surface area contributed by atoms with Gasteiger partial charge in [-0.3, -0.25) is 0 Å². The molecule has 3 nitrogen and oxygen atoms in total. The van der Waals surface area contributed by atoms with E-state index in [1.54, 1.807) is 45.8 Å². The van der Waals surface area contributed by atoms with Crippen LogP contribution in [-0.2, 0) is 0 Å². The van der Waals surface area contributed by atoms with Crippen LogP contribution in [0.15, 0.2) is 90.2 Å². The molecule has 1 aliphatic heterocycles. The molecule has 0 N–H and O–H groups in total. The van der Waals surface area contributed by atoms with Crippen molar-refractivity contribution in [1.29, 1.82) is 10.5 Å². The summed E-state index contributed by atoms with van der Waals surface area (Å²) >= 11 is 13.7. The summed E-state index contributed by atoms with van der Waals surface area (Å²) in [6.45, 7) is 3.21. The van der Waals surface area contributed by atoms with Gasteiger partial charge in [0.05, 0.1) is 30.1 Å². The molecule has 0 spiro atoms. The summed E-state index contributed by atoms with van der Waals surface area (Å²) in [4.78, 5) is 9.04. The molecule has 0 radical (unpaired) electrons. The van der Waals surface area contributed by atoms with Gasteiger partial charge < -0.3 is 4.90 Å². The molecule has 3 aromatic heterocycles. The molecule has 9 heteroatoms. The number of halogens is 2. The SMILES string of the molecule is CCCCCCN1c2ccc(/C=C(\C#N)c3ccc(Br)s3)cc2Sc2cc(-c3ccc(/C=C(\C#N)c4ccc(Br)s4)s3)ccc21. The number of allylic oxidation sites excluding steroid dienone is 2. The third-order valence-corrected chi connectivity index (χ3v) is 12.9. The number of fused-ring (bicyclic) bond motifs is 2. The van der Waals surface area contributed by atoms with Crippen molar-refractivity contribution in [3.63, 3.8) is 0 Å². The van der Waals surface area contributed by atoms with Gasteiger partial charge in [-0.1, -0.05) is 50.1 Å². The van der Waals surface area contributed by atoms with Gasteiger partial charge in [-0.2, -0.15) is 10.5 Å². The smallest absolute Gasteiger partial charge is 0.101 e. The second-order valence-corrected chi connectivity index (χ2v) is 17.6. The largest absolute Gasteiger partial charge is 0.340 e. The summed E-state index contributed by atoms with van der Waals surface area (Å²) in [6.07, 6.45) is 8.77. The van der Waals surface area contributed by atoms with Crippen LogP contribution in [-0.4, -0.2) is 6.54 Å². The van der Waals surface area contributed by atoms with E-state index >= 15 is 0 Å². The number of thiophene rings is 3. The summed E-state index contributed by atoms with van der Waals surface area (Å²) in [5.41, 5.74) is 5.99. The number of hydrogen-bond acceptors (Lipinski definition) is 7. The zero-order valence-corrected chi connectivity index (χ0v) is 30.8. The molecule has 0 saturated carbocycles. The fraction of sp³-hybridized carbons (Fsp3) is 0.167. The van der Waals surface area contributed by atoms with Crippen molar-refractivity contribution in [2.24, 2.45) is 0 Å². The normalized spacial score (nSPS) is 12.9. The number of nitrogens with zero attached hydrogens (tertiary/aromatic N) is 3. The Morgan fingerprint density at radius 3 is 2.04 bits per heavy atom. The molecular formula is C36H27Br2N3S4. The standard InChI is InChI=1S/C36H27Br2N3S4/c1-2-3-4-5-16-41-28-9-6-23(17-25(21-39)31-12-14-35(37)44-31)18-33(28)43-34-20-24(7-10-29(34)41)30-11-8-27(42-30)19-26(22-40)32-13-15-36(38)45-32/h6-15,17-20H,2-5,16H2,1H3/b25-17+,26-19+. The maximum absolute atomic E-state index is 9.90. The Morgan fingerprint density at radius 1 is 0.733 bits per heavy atom. The molecule has 0 saturated heterocycles. The molecule has 0 unspecified atom stereocenters. The fourth-order valence-electron chi connectivity index (χ4n) is 5.21. The van der Waals surface area contributed by atoms with E-state index in [1.807, 2.05) is 36.4 Å². The molecule has 4 heterocycles. The average molecular weight is 790 g/mol. The molecule has 2 aromatic carbocycles. The highest BCUT2D eigenvalue weighted by molar-refractivity contribution is 9.11. The van der Waals surface area contributed by atoms with Gasteiger partial charge in [-0.05, 0) is 122 Å². The lowest BCUT2D eigenvalue weighted by molar-refractivity contribution is 0.666. The molecule has 0 bridgehead atoms. The van der Waals surface area contributed by atoms with Crippen molar-refractivity contribution in [3.05, 3.63) is 101 Å². The van der Waals surface area contributed by atoms with E-state index in [-0.39, 0.29) is 0 Å². The first-order chi connectivity index (χ1) is 21.9. The van der Waals surface area contributed by atoms with Crippen LogP contribution in [0.25, 0.3) is 33.7 Å². The van der Waals surface area contributed by atoms with Crippen molar-refractivity contribution in [2.45, 2.75) is 42.4 Å². The fourth-order valence-corrected chi connectivity index (χ4v) is 10.0. The Kier molecular flexibility index (Phi) is 10.5. The number of benzene rings is 2. The van der Waals surface area contributed by atoms with Gasteiger partial charge >= 0.3 is 0 Å². The van der Waals surface area contributed by atoms with Gasteiger partial charge in [0.25, 0.3) is 0 Å². The number of anilines is 2. The summed E-state index contributed by atoms with van der Waals surface area (Å²) in [5.74, 6) is 0. The Bertz CT molecular complexity index is 2000. The second kappa shape index (κ2) is 14.7. The molecule has 0 amide bonds. The minimum atomic E-state index is 0.666. The molecule has 0 atom stereocenters. The van der Waals surface area contributed by atoms with Gasteiger partial charge in [-0.25, -0.2) is 0 Å². The summed E-state index contributed by atoms with van der Waals surface area (Å²) in [6, 6.07) is 30.3. The lowest BCUT2D eigenvalue weighted by atomic mass is 10.1. The number of unbranched alkanes of at least 4 members (excludes halogenated alkanes) is 3. The Balaban J connectivity index is 1.32. The van der Waals surface area contributed by atoms with Crippen LogP contribution < -0.4 is 4.90 Å². The van der Waals surface area contributed by atoms with Crippen molar-refractivity contribution in [2.75, 3.05) is 11.4 Å². The van der Waals surface area contributed by atoms with E-state index in [0.717, 1.165) is 40.7 Å². The quantitative estimate of drug-likeness (QED) is 0.104. The van der Waals surface area contributed by atoms with Gasteiger partial charge in [-0.15, -0.1) is 34.0 Å². The molecule has 0 aliphatic carbocycles. The molecule has 45 heavy (non-hydrogen) atoms. The van der Waals surface area contributed by atoms with Crippen molar-refractivity contribution >= 4 is 112 Å². The highest BCUT2D eigenvalue weighted by Crippen LogP contribution is 2.50. The number of nitriles is 2. The molecule has 224 valence electrons. The van der Waals surface area contributed by atoms with Gasteiger partial charge in [0, 0.05) is 35.8 Å². The van der Waals surface area contributed by atoms with Crippen LogP contribution in [0.4, 0.5) is 11.4 Å². The maximum Gasteiger partial charge on any atom is 0.101 e. The third-order valence-electron chi connectivity index (χ3n) is 7.41. The number of hydrogen-bond donors (Lipinski definition) is 0. The van der Waals surface area contributed by atoms with Crippen LogP contribution in [0, 0.1) is 22.7 Å². The average Bonchev–Trinajstić information content (AvgIpc) is 3.81. The van der Waals surface area contributed by atoms with E-state index < -0.39 is 0 Å². The van der Waals surface area contributed by atoms with E-state index in [9.17, 15) is 10.5 Å². The van der Waals surface area contributed by atoms with E-state index in [2.05, 4.69) is 104 Å². The lowest BCUT2D eigenvalue weighted by Gasteiger charge is -2.33. The summed E-state index contributed by atoms with van der Waals surface area (Å²) in [7, 11) is 0. The Morgan fingerprint density at radius 2 is 1.40 bits per heavy atom. The number of rotatable bonds is 10. The van der Waals surface area contributed by atoms with Crippen LogP contribution >= 0.6 is 77.6 Å². The monoisotopic (exact) mass is 787 g/mol. The zero-order chi connectivity index (χ0) is 31.3. The molecular weight excluding hydrogens is 762 g/mol. The van der Waals surface area contributed by atoms with E-state index in [1.165, 1.54) is 50.9 Å². The van der Waals surface area contributed by atoms with E-state index in [0.29, 0.717) is 11.1 Å². The highest BCUT2D eigenvalue weighted by atomic mass is 79.9. The second-order valence-electron chi connectivity index (χ2n) is 10.5. The molecule has 5 aromatic rings. The lowest BCUT2D eigenvalue weighted by Crippen LogP contribution is -2.22. The Hall–Kier alpha value is -2.89. The predicted molar refractivity (Wildman–Crippen MR) is 202 cm³/mol. The van der Waals surface area contributed by atoms with Crippen LogP contribution in [0.2, 0.25) is 0 Å². The van der Waals surface area contributed by atoms with E-state index in [4.69, 9.17) is 0 Å². The predicted octanol–water partition coefficient (Wildman–Crippen LogP) is 13.4. The van der Waals surface area contributed by atoms with Crippen LogP contribution in [0.3, 0.4) is 0 Å². The molecule has 0 fully saturated rings. The third kappa shape index (κ3) is 7.41. The maximum atomic E-state index is 9.90. The minimum absolute atomic E-state index is 0.666. The van der Waals surface area contributed by atoms with Crippen LogP contribution in [0.5, 0.6) is 0 Å². The van der Waals surface area contributed by atoms with Gasteiger partial charge in [0.1, 0.15) is 12.1 Å². The highest BCUT2D eigenvalue weighted by Gasteiger charge is 2.24. The first-order valence-corrected chi connectivity index (χ1v) is 19.4. The molecule has 1 aliphatic rings. The summed E-state index contributed by atoms with van der Waals surface area (Å²) < 4.78 is 2.03. The topological polar surface area (TPSA) is 50.8 Å². The van der Waals surface area contributed by atoms with Gasteiger partial charge in [0.15, 0.2) is 0 Å². The van der Waals surface area contributed by atoms with Crippen LogP contribution in [0.1, 0.15) is 52.8 Å². The van der Waals surface area contributed by atoms with Crippen molar-refractivity contribution in [1.82, 2.24) is 0 Å². The Labute approximate surface area is 297 Å². The zero-order valence-electron chi connectivity index (χ0n) is 24.3. The van der Waals surface area contributed by atoms with Crippen molar-refractivity contribution in [3.8, 4) is 22.6 Å². The van der Waals surface area contributed by atoms with Gasteiger partial charge in [0.2, 0.25) is 0 Å². The van der Waals surface area contributed by atoms with Crippen molar-refractivity contribution < 1.29 is 0 Å². The molecule has 6 rings (SSSR count). The first kappa shape index (κ1) is 32.1. The first-order valence-electron chi connectivity index (χ1n) is 14.5.